The van der Waals surface area contributed by atoms with E-state index in [-0.39, 0.29) is 0 Å². The highest BCUT2D eigenvalue weighted by molar-refractivity contribution is 5.79. The van der Waals surface area contributed by atoms with Crippen molar-refractivity contribution in [1.29, 1.82) is 0 Å². The van der Waals surface area contributed by atoms with Gasteiger partial charge in [0, 0.05) is 11.9 Å². The van der Waals surface area contributed by atoms with Crippen molar-refractivity contribution in [2.45, 2.75) is 32.1 Å². The third kappa shape index (κ3) is 1.56. The number of rotatable bonds is 3. The molecule has 0 saturated carbocycles. The first kappa shape index (κ1) is 11.0. The molecule has 1 aliphatic rings. The van der Waals surface area contributed by atoms with E-state index in [1.807, 2.05) is 12.1 Å². The summed E-state index contributed by atoms with van der Waals surface area (Å²) >= 11 is 0. The number of fused-ring (bicyclic) bond motifs is 1. The Morgan fingerprint density at radius 1 is 1.50 bits per heavy atom. The number of carboxylic acids is 1. The normalized spacial score (nSPS) is 17.9. The minimum atomic E-state index is -0.979. The molecule has 86 valence electrons. The molecule has 0 amide bonds. The number of carbonyl (C=O) groups is 1. The Kier molecular flexibility index (Phi) is 2.62. The summed E-state index contributed by atoms with van der Waals surface area (Å²) in [5.41, 5.74) is 3.02. The lowest BCUT2D eigenvalue weighted by Gasteiger charge is -2.32. The molecular weight excluding hydrogens is 204 g/mol. The number of aliphatic carboxylic acids is 1. The number of carboxylic acid groups (broad SMARTS) is 1. The highest BCUT2D eigenvalue weighted by Gasteiger charge is 2.29. The van der Waals surface area contributed by atoms with Gasteiger partial charge in [-0.05, 0) is 35.1 Å². The fourth-order valence-corrected chi connectivity index (χ4v) is 2.19. The second-order valence-electron chi connectivity index (χ2n) is 4.52. The molecule has 3 heteroatoms. The molecule has 0 fully saturated rings. The van der Waals surface area contributed by atoms with Crippen molar-refractivity contribution in [2.75, 3.05) is 7.11 Å². The zero-order valence-electron chi connectivity index (χ0n) is 9.74. The fraction of sp³-hybridized carbons (Fsp3) is 0.462. The van der Waals surface area contributed by atoms with Crippen molar-refractivity contribution >= 4 is 5.97 Å². The Morgan fingerprint density at radius 2 is 2.19 bits per heavy atom. The standard InChI is InChI=1S/C13H16O3/c1-7(2)9-6-10-8(5-12(9)16-3)4-11(10)13(14)15/h5-7,11H,4H2,1-3H3,(H,14,15)/p-1/t11-/m1/s1. The summed E-state index contributed by atoms with van der Waals surface area (Å²) in [4.78, 5) is 10.8. The maximum absolute atomic E-state index is 10.8. The minimum Gasteiger partial charge on any atom is -0.549 e. The summed E-state index contributed by atoms with van der Waals surface area (Å²) in [6.45, 7) is 4.13. The summed E-state index contributed by atoms with van der Waals surface area (Å²) in [5, 5.41) is 10.8. The van der Waals surface area contributed by atoms with Gasteiger partial charge in [0.05, 0.1) is 7.11 Å². The van der Waals surface area contributed by atoms with Crippen LogP contribution < -0.4 is 9.84 Å². The van der Waals surface area contributed by atoms with Gasteiger partial charge in [-0.3, -0.25) is 0 Å². The van der Waals surface area contributed by atoms with Crippen LogP contribution in [0.2, 0.25) is 0 Å². The molecule has 2 rings (SSSR count). The molecule has 0 N–H and O–H groups in total. The first-order valence-corrected chi connectivity index (χ1v) is 5.46. The van der Waals surface area contributed by atoms with Gasteiger partial charge in [0.2, 0.25) is 0 Å². The zero-order chi connectivity index (χ0) is 11.9. The Balaban J connectivity index is 2.44. The molecule has 1 aliphatic carbocycles. The molecular formula is C13H15O3-. The molecule has 0 saturated heterocycles. The van der Waals surface area contributed by atoms with E-state index in [9.17, 15) is 9.90 Å². The van der Waals surface area contributed by atoms with Crippen LogP contribution in [-0.2, 0) is 11.2 Å². The first-order valence-electron chi connectivity index (χ1n) is 5.46. The number of benzene rings is 1. The second kappa shape index (κ2) is 3.81. The lowest BCUT2D eigenvalue weighted by atomic mass is 9.75. The quantitative estimate of drug-likeness (QED) is 0.767. The van der Waals surface area contributed by atoms with Crippen LogP contribution in [0, 0.1) is 0 Å². The summed E-state index contributed by atoms with van der Waals surface area (Å²) in [5.74, 6) is -0.236. The van der Waals surface area contributed by atoms with Gasteiger partial charge in [0.15, 0.2) is 0 Å². The van der Waals surface area contributed by atoms with Crippen molar-refractivity contribution < 1.29 is 14.6 Å². The lowest BCUT2D eigenvalue weighted by molar-refractivity contribution is -0.308. The molecule has 0 heterocycles. The number of ether oxygens (including phenoxy) is 1. The molecule has 0 aliphatic heterocycles. The Labute approximate surface area is 95.0 Å². The van der Waals surface area contributed by atoms with Gasteiger partial charge in [-0.2, -0.15) is 0 Å². The molecule has 0 aromatic heterocycles. The van der Waals surface area contributed by atoms with Gasteiger partial charge >= 0.3 is 0 Å². The van der Waals surface area contributed by atoms with Gasteiger partial charge < -0.3 is 14.6 Å². The zero-order valence-corrected chi connectivity index (χ0v) is 9.74. The molecule has 0 unspecified atom stereocenters. The van der Waals surface area contributed by atoms with Crippen LogP contribution in [0.15, 0.2) is 12.1 Å². The van der Waals surface area contributed by atoms with E-state index in [0.717, 1.165) is 22.4 Å². The summed E-state index contributed by atoms with van der Waals surface area (Å²) in [7, 11) is 1.64. The van der Waals surface area contributed by atoms with E-state index in [0.29, 0.717) is 12.3 Å². The van der Waals surface area contributed by atoms with Gasteiger partial charge in [-0.1, -0.05) is 19.9 Å². The van der Waals surface area contributed by atoms with Gasteiger partial charge in [0.1, 0.15) is 5.75 Å². The molecule has 0 bridgehead atoms. The van der Waals surface area contributed by atoms with Crippen LogP contribution in [-0.4, -0.2) is 13.1 Å². The first-order chi connectivity index (χ1) is 7.54. The van der Waals surface area contributed by atoms with Gasteiger partial charge in [-0.25, -0.2) is 0 Å². The molecule has 3 nitrogen and oxygen atoms in total. The largest absolute Gasteiger partial charge is 0.549 e. The molecule has 0 spiro atoms. The minimum absolute atomic E-state index is 0.322. The van der Waals surface area contributed by atoms with Crippen molar-refractivity contribution in [3.8, 4) is 5.75 Å². The number of methoxy groups -OCH3 is 1. The average Bonchev–Trinajstić information content (AvgIpc) is 2.18. The third-order valence-electron chi connectivity index (χ3n) is 3.20. The number of hydrogen-bond acceptors (Lipinski definition) is 3. The molecule has 1 aromatic carbocycles. The summed E-state index contributed by atoms with van der Waals surface area (Å²) in [6.07, 6.45) is 0.562. The van der Waals surface area contributed by atoms with Crippen molar-refractivity contribution in [1.82, 2.24) is 0 Å². The van der Waals surface area contributed by atoms with E-state index >= 15 is 0 Å². The van der Waals surface area contributed by atoms with Crippen molar-refractivity contribution in [3.05, 3.63) is 28.8 Å². The van der Waals surface area contributed by atoms with Crippen LogP contribution in [0.3, 0.4) is 0 Å². The monoisotopic (exact) mass is 219 g/mol. The van der Waals surface area contributed by atoms with Crippen LogP contribution >= 0.6 is 0 Å². The van der Waals surface area contributed by atoms with Crippen LogP contribution in [0.25, 0.3) is 0 Å². The maximum Gasteiger partial charge on any atom is 0.122 e. The van der Waals surface area contributed by atoms with E-state index in [1.165, 1.54) is 0 Å². The van der Waals surface area contributed by atoms with Crippen molar-refractivity contribution in [3.63, 3.8) is 0 Å². The predicted molar refractivity (Wildman–Crippen MR) is 58.5 cm³/mol. The number of hydrogen-bond donors (Lipinski definition) is 0. The number of carbonyl (C=O) groups excluding carboxylic acids is 1. The van der Waals surface area contributed by atoms with Crippen LogP contribution in [0.1, 0.15) is 42.4 Å². The average molecular weight is 219 g/mol. The molecule has 1 aromatic rings. The van der Waals surface area contributed by atoms with Crippen LogP contribution in [0.5, 0.6) is 5.75 Å². The SMILES string of the molecule is COc1cc2c(cc1C(C)C)[C@H](C(=O)[O-])C2. The smallest absolute Gasteiger partial charge is 0.122 e. The van der Waals surface area contributed by atoms with Crippen LogP contribution in [0.4, 0.5) is 0 Å². The topological polar surface area (TPSA) is 49.4 Å². The summed E-state index contributed by atoms with van der Waals surface area (Å²) < 4.78 is 5.31. The van der Waals surface area contributed by atoms with Gasteiger partial charge in [-0.15, -0.1) is 0 Å². The van der Waals surface area contributed by atoms with Crippen molar-refractivity contribution in [2.24, 2.45) is 0 Å². The lowest BCUT2D eigenvalue weighted by Crippen LogP contribution is -2.36. The fourth-order valence-electron chi connectivity index (χ4n) is 2.19. The predicted octanol–water partition coefficient (Wildman–Crippen LogP) is 1.21. The van der Waals surface area contributed by atoms with E-state index in [1.54, 1.807) is 7.11 Å². The second-order valence-corrected chi connectivity index (χ2v) is 4.52. The molecule has 16 heavy (non-hydrogen) atoms. The maximum atomic E-state index is 10.8. The highest BCUT2D eigenvalue weighted by Crippen LogP contribution is 2.40. The Morgan fingerprint density at radius 3 is 2.69 bits per heavy atom. The van der Waals surface area contributed by atoms with Gasteiger partial charge in [0.25, 0.3) is 0 Å². The van der Waals surface area contributed by atoms with E-state index < -0.39 is 11.9 Å². The Hall–Kier alpha value is -1.51. The third-order valence-corrected chi connectivity index (χ3v) is 3.20. The summed E-state index contributed by atoms with van der Waals surface area (Å²) in [6, 6.07) is 3.90. The highest BCUT2D eigenvalue weighted by atomic mass is 16.5. The molecule has 1 atom stereocenters. The van der Waals surface area contributed by atoms with E-state index in [4.69, 9.17) is 4.74 Å². The van der Waals surface area contributed by atoms with E-state index in [2.05, 4.69) is 13.8 Å². The molecule has 0 radical (unpaired) electrons. The Bertz CT molecular complexity index is 435.